The molecule has 4 aliphatic heterocycles. The van der Waals surface area contributed by atoms with E-state index in [4.69, 9.17) is 10.1 Å². The van der Waals surface area contributed by atoms with E-state index in [2.05, 4.69) is 39.9 Å². The molecule has 4 aliphatic rings. The van der Waals surface area contributed by atoms with Gasteiger partial charge in [0, 0.05) is 38.6 Å². The van der Waals surface area contributed by atoms with E-state index in [-0.39, 0.29) is 6.17 Å². The van der Waals surface area contributed by atoms with Gasteiger partial charge >= 0.3 is 0 Å². The number of allylic oxidation sites excluding steroid dienone is 4. The largest absolute Gasteiger partial charge is 0.381 e. The Bertz CT molecular complexity index is 687. The molecule has 1 unspecified atom stereocenters. The first kappa shape index (κ1) is 18.3. The minimum Gasteiger partial charge on any atom is -0.381 e. The second kappa shape index (κ2) is 8.31. The fourth-order valence-corrected chi connectivity index (χ4v) is 4.43. The van der Waals surface area contributed by atoms with Crippen LogP contribution in [-0.2, 0) is 4.74 Å². The van der Waals surface area contributed by atoms with Gasteiger partial charge in [-0.3, -0.25) is 4.90 Å². The van der Waals surface area contributed by atoms with Gasteiger partial charge in [0.25, 0.3) is 0 Å². The Hall–Kier alpha value is -2.05. The van der Waals surface area contributed by atoms with Crippen molar-refractivity contribution in [3.8, 4) is 0 Å². The summed E-state index contributed by atoms with van der Waals surface area (Å²) in [7, 11) is 0. The van der Waals surface area contributed by atoms with Gasteiger partial charge in [0.15, 0.2) is 0 Å². The first-order chi connectivity index (χ1) is 13.2. The molecule has 4 N–H and O–H groups in total. The molecule has 0 spiro atoms. The predicted octanol–water partition coefficient (Wildman–Crippen LogP) is 2.20. The van der Waals surface area contributed by atoms with Crippen molar-refractivity contribution in [3.63, 3.8) is 0 Å². The fourth-order valence-electron chi connectivity index (χ4n) is 4.43. The highest BCUT2D eigenvalue weighted by Gasteiger charge is 2.30. The molecule has 0 saturated carbocycles. The molecule has 0 aromatic carbocycles. The van der Waals surface area contributed by atoms with Crippen LogP contribution in [0.5, 0.6) is 0 Å². The molecule has 0 aromatic heterocycles. The number of rotatable bonds is 5. The molecule has 4 rings (SSSR count). The molecular formula is C21H31N5O. The van der Waals surface area contributed by atoms with Crippen molar-refractivity contribution in [3.05, 3.63) is 47.1 Å². The lowest BCUT2D eigenvalue weighted by Crippen LogP contribution is -2.50. The zero-order valence-electron chi connectivity index (χ0n) is 16.1. The summed E-state index contributed by atoms with van der Waals surface area (Å²) in [5.41, 5.74) is 2.35. The Kier molecular flexibility index (Phi) is 5.64. The maximum atomic E-state index is 7.49. The summed E-state index contributed by atoms with van der Waals surface area (Å²) in [6.07, 6.45) is 15.0. The van der Waals surface area contributed by atoms with Crippen LogP contribution in [0, 0.1) is 11.3 Å². The summed E-state index contributed by atoms with van der Waals surface area (Å²) in [4.78, 5) is 2.57. The van der Waals surface area contributed by atoms with Crippen molar-refractivity contribution < 1.29 is 4.74 Å². The number of ether oxygens (including phenoxy) is 1. The van der Waals surface area contributed by atoms with E-state index in [1.165, 1.54) is 24.6 Å². The third-order valence-electron chi connectivity index (χ3n) is 6.00. The number of dihydropyridines is 2. The molecule has 0 aromatic rings. The zero-order chi connectivity index (χ0) is 18.6. The van der Waals surface area contributed by atoms with E-state index < -0.39 is 0 Å². The van der Waals surface area contributed by atoms with Crippen LogP contribution in [0.4, 0.5) is 0 Å². The Labute approximate surface area is 161 Å². The van der Waals surface area contributed by atoms with E-state index in [1.54, 1.807) is 0 Å². The molecule has 0 amide bonds. The van der Waals surface area contributed by atoms with Crippen molar-refractivity contribution in [2.75, 3.05) is 26.3 Å². The highest BCUT2D eigenvalue weighted by molar-refractivity contribution is 5.80. The van der Waals surface area contributed by atoms with Gasteiger partial charge in [0.05, 0.1) is 0 Å². The number of hydrogen-bond donors (Lipinski definition) is 4. The summed E-state index contributed by atoms with van der Waals surface area (Å²) in [5.74, 6) is 2.55. The van der Waals surface area contributed by atoms with Gasteiger partial charge in [-0.1, -0.05) is 6.08 Å². The van der Waals surface area contributed by atoms with Crippen LogP contribution in [0.15, 0.2) is 47.1 Å². The van der Waals surface area contributed by atoms with Crippen molar-refractivity contribution >= 4 is 6.21 Å². The van der Waals surface area contributed by atoms with Crippen LogP contribution in [-0.4, -0.2) is 49.6 Å². The SMILES string of the molecule is C[C@@H]1CCCN1C1C=C(C2CCOCC2)C=C(NC2=CC(C=N)=CCN2)N1. The maximum absolute atomic E-state index is 7.49. The molecule has 4 heterocycles. The van der Waals surface area contributed by atoms with E-state index >= 15 is 0 Å². The van der Waals surface area contributed by atoms with E-state index in [0.717, 1.165) is 56.4 Å². The van der Waals surface area contributed by atoms with Crippen molar-refractivity contribution in [1.29, 1.82) is 5.41 Å². The average Bonchev–Trinajstić information content (AvgIpc) is 3.14. The Morgan fingerprint density at radius 3 is 2.81 bits per heavy atom. The third-order valence-corrected chi connectivity index (χ3v) is 6.00. The molecule has 0 bridgehead atoms. The number of nitrogens with zero attached hydrogens (tertiary/aromatic N) is 1. The van der Waals surface area contributed by atoms with Crippen LogP contribution < -0.4 is 16.0 Å². The molecule has 2 atom stereocenters. The molecule has 6 nitrogen and oxygen atoms in total. The van der Waals surface area contributed by atoms with Gasteiger partial charge in [-0.15, -0.1) is 0 Å². The van der Waals surface area contributed by atoms with Gasteiger partial charge in [0.2, 0.25) is 0 Å². The lowest BCUT2D eigenvalue weighted by atomic mass is 9.89. The Balaban J connectivity index is 1.55. The van der Waals surface area contributed by atoms with E-state index in [1.807, 2.05) is 12.2 Å². The second-order valence-corrected chi connectivity index (χ2v) is 7.84. The molecule has 27 heavy (non-hydrogen) atoms. The minimum atomic E-state index is 0.231. The summed E-state index contributed by atoms with van der Waals surface area (Å²) >= 11 is 0. The molecular weight excluding hydrogens is 338 g/mol. The first-order valence-corrected chi connectivity index (χ1v) is 10.2. The molecule has 2 saturated heterocycles. The first-order valence-electron chi connectivity index (χ1n) is 10.2. The van der Waals surface area contributed by atoms with Crippen molar-refractivity contribution in [2.24, 2.45) is 5.92 Å². The van der Waals surface area contributed by atoms with Crippen LogP contribution in [0.25, 0.3) is 0 Å². The molecule has 0 aliphatic carbocycles. The van der Waals surface area contributed by atoms with Gasteiger partial charge < -0.3 is 26.1 Å². The summed E-state index contributed by atoms with van der Waals surface area (Å²) in [6.45, 7) is 5.93. The quantitative estimate of drug-likeness (QED) is 0.559. The van der Waals surface area contributed by atoms with Crippen molar-refractivity contribution in [1.82, 2.24) is 20.9 Å². The monoisotopic (exact) mass is 369 g/mol. The van der Waals surface area contributed by atoms with Crippen LogP contribution in [0.3, 0.4) is 0 Å². The molecule has 6 heteroatoms. The Morgan fingerprint density at radius 2 is 2.07 bits per heavy atom. The lowest BCUT2D eigenvalue weighted by molar-refractivity contribution is 0.0758. The van der Waals surface area contributed by atoms with Gasteiger partial charge in [-0.25, -0.2) is 0 Å². The maximum Gasteiger partial charge on any atom is 0.106 e. The normalized spacial score (nSPS) is 29.7. The lowest BCUT2D eigenvalue weighted by Gasteiger charge is -2.36. The number of hydrogen-bond acceptors (Lipinski definition) is 6. The highest BCUT2D eigenvalue weighted by Crippen LogP contribution is 2.29. The minimum absolute atomic E-state index is 0.231. The molecule has 0 radical (unpaired) electrons. The van der Waals surface area contributed by atoms with Crippen LogP contribution in [0.2, 0.25) is 0 Å². The standard InChI is InChI=1S/C21H31N5O/c1-15-3-2-8-26(15)21-13-18(17-5-9-27-10-6-17)12-20(25-21)24-19-11-16(14-22)4-7-23-19/h4,11-15,17,21-25H,2-3,5-10H2,1H3/t15-,21?/m1/s1. The summed E-state index contributed by atoms with van der Waals surface area (Å²) in [6, 6.07) is 0.605. The third kappa shape index (κ3) is 4.28. The number of likely N-dealkylation sites (tertiary alicyclic amines) is 1. The van der Waals surface area contributed by atoms with Crippen LogP contribution >= 0.6 is 0 Å². The topological polar surface area (TPSA) is 72.4 Å². The number of nitrogens with one attached hydrogen (secondary N) is 4. The zero-order valence-corrected chi connectivity index (χ0v) is 16.1. The average molecular weight is 370 g/mol. The summed E-state index contributed by atoms with van der Waals surface area (Å²) in [5, 5.41) is 18.0. The van der Waals surface area contributed by atoms with Crippen LogP contribution in [0.1, 0.15) is 32.6 Å². The predicted molar refractivity (Wildman–Crippen MR) is 108 cm³/mol. The summed E-state index contributed by atoms with van der Waals surface area (Å²) < 4.78 is 5.57. The van der Waals surface area contributed by atoms with Gasteiger partial charge in [0.1, 0.15) is 17.8 Å². The fraction of sp³-hybridized carbons (Fsp3) is 0.571. The van der Waals surface area contributed by atoms with Gasteiger partial charge in [-0.2, -0.15) is 0 Å². The van der Waals surface area contributed by atoms with Crippen molar-refractivity contribution in [2.45, 2.75) is 44.8 Å². The van der Waals surface area contributed by atoms with E-state index in [9.17, 15) is 0 Å². The molecule has 146 valence electrons. The molecule has 2 fully saturated rings. The Morgan fingerprint density at radius 1 is 1.22 bits per heavy atom. The second-order valence-electron chi connectivity index (χ2n) is 7.84. The van der Waals surface area contributed by atoms with E-state index in [0.29, 0.717) is 12.0 Å². The highest BCUT2D eigenvalue weighted by atomic mass is 16.5. The smallest absolute Gasteiger partial charge is 0.106 e. The van der Waals surface area contributed by atoms with Gasteiger partial charge in [-0.05, 0) is 67.9 Å².